The Kier molecular flexibility index (Phi) is 5.32. The van der Waals surface area contributed by atoms with Gasteiger partial charge in [0.2, 0.25) is 11.8 Å². The zero-order valence-electron chi connectivity index (χ0n) is 15.0. The molecular weight excluding hydrogens is 363 g/mol. The fourth-order valence-corrected chi connectivity index (χ4v) is 3.20. The Morgan fingerprint density at radius 3 is 2.63 bits per heavy atom. The summed E-state index contributed by atoms with van der Waals surface area (Å²) >= 11 is 0. The molecule has 1 aliphatic heterocycles. The number of methoxy groups -OCH3 is 1. The van der Waals surface area contributed by atoms with Gasteiger partial charge in [-0.2, -0.15) is 13.2 Å². The molecule has 1 saturated carbocycles. The molecule has 2 fully saturated rings. The molecule has 1 aliphatic carbocycles. The second kappa shape index (κ2) is 7.38. The monoisotopic (exact) mass is 385 g/mol. The van der Waals surface area contributed by atoms with Crippen LogP contribution in [-0.4, -0.2) is 31.1 Å². The van der Waals surface area contributed by atoms with E-state index in [2.05, 4.69) is 16.0 Å². The summed E-state index contributed by atoms with van der Waals surface area (Å²) < 4.78 is 43.8. The Morgan fingerprint density at radius 2 is 2.04 bits per heavy atom. The number of hydrogen-bond acceptors (Lipinski definition) is 4. The Labute approximate surface area is 154 Å². The summed E-state index contributed by atoms with van der Waals surface area (Å²) in [5.41, 5.74) is -0.391. The van der Waals surface area contributed by atoms with Crippen LogP contribution >= 0.6 is 0 Å². The molecule has 1 aromatic rings. The highest BCUT2D eigenvalue weighted by molar-refractivity contribution is 5.89. The first kappa shape index (κ1) is 19.5. The van der Waals surface area contributed by atoms with Crippen molar-refractivity contribution in [2.24, 2.45) is 5.92 Å². The van der Waals surface area contributed by atoms with E-state index in [1.165, 1.54) is 19.2 Å². The average Bonchev–Trinajstić information content (AvgIpc) is 3.44. The van der Waals surface area contributed by atoms with Gasteiger partial charge in [0.1, 0.15) is 5.75 Å². The zero-order valence-corrected chi connectivity index (χ0v) is 15.0. The number of amides is 2. The molecule has 3 N–H and O–H groups in total. The fourth-order valence-electron chi connectivity index (χ4n) is 3.20. The summed E-state index contributed by atoms with van der Waals surface area (Å²) in [7, 11) is 1.17. The summed E-state index contributed by atoms with van der Waals surface area (Å²) in [6, 6.07) is 2.31. The summed E-state index contributed by atoms with van der Waals surface area (Å²) in [5.74, 6) is -0.497. The smallest absolute Gasteiger partial charge is 0.419 e. The van der Waals surface area contributed by atoms with Crippen LogP contribution in [0, 0.1) is 5.92 Å². The molecule has 1 aromatic carbocycles. The first-order valence-corrected chi connectivity index (χ1v) is 8.80. The maximum atomic E-state index is 13.0. The van der Waals surface area contributed by atoms with Gasteiger partial charge < -0.3 is 15.4 Å². The lowest BCUT2D eigenvalue weighted by Gasteiger charge is -2.31. The van der Waals surface area contributed by atoms with Crippen LogP contribution in [0.15, 0.2) is 18.2 Å². The lowest BCUT2D eigenvalue weighted by Crippen LogP contribution is -2.61. The number of rotatable bonds is 5. The third-order valence-corrected chi connectivity index (χ3v) is 4.89. The highest BCUT2D eigenvalue weighted by Gasteiger charge is 2.39. The molecule has 0 bridgehead atoms. The van der Waals surface area contributed by atoms with E-state index >= 15 is 0 Å². The fraction of sp³-hybridized carbons (Fsp3) is 0.556. The van der Waals surface area contributed by atoms with Gasteiger partial charge in [-0.3, -0.25) is 14.9 Å². The van der Waals surface area contributed by atoms with E-state index in [0.29, 0.717) is 11.5 Å². The summed E-state index contributed by atoms with van der Waals surface area (Å²) in [4.78, 5) is 24.4. The van der Waals surface area contributed by atoms with Crippen LogP contribution in [-0.2, 0) is 15.8 Å². The van der Waals surface area contributed by atoms with E-state index in [9.17, 15) is 22.8 Å². The highest BCUT2D eigenvalue weighted by atomic mass is 19.4. The van der Waals surface area contributed by atoms with Crippen molar-refractivity contribution in [3.05, 3.63) is 29.3 Å². The Morgan fingerprint density at radius 1 is 1.33 bits per heavy atom. The van der Waals surface area contributed by atoms with Gasteiger partial charge in [0.05, 0.1) is 37.3 Å². The van der Waals surface area contributed by atoms with Crippen LogP contribution in [0.5, 0.6) is 5.75 Å². The first-order valence-electron chi connectivity index (χ1n) is 8.80. The minimum Gasteiger partial charge on any atom is -0.496 e. The van der Waals surface area contributed by atoms with Crippen LogP contribution < -0.4 is 20.7 Å². The number of nitrogens with one attached hydrogen (secondary N) is 3. The summed E-state index contributed by atoms with van der Waals surface area (Å²) in [6.07, 6.45) is -2.68. The van der Waals surface area contributed by atoms with E-state index in [1.54, 1.807) is 6.92 Å². The molecule has 1 saturated heterocycles. The second-order valence-corrected chi connectivity index (χ2v) is 6.99. The molecule has 6 nitrogen and oxygen atoms in total. The molecule has 3 unspecified atom stereocenters. The van der Waals surface area contributed by atoms with Crippen molar-refractivity contribution in [3.8, 4) is 5.75 Å². The Hall–Kier alpha value is -2.29. The zero-order chi connectivity index (χ0) is 19.8. The number of halogens is 3. The van der Waals surface area contributed by atoms with Gasteiger partial charge in [-0.25, -0.2) is 0 Å². The van der Waals surface area contributed by atoms with Gasteiger partial charge in [-0.1, -0.05) is 6.07 Å². The van der Waals surface area contributed by atoms with E-state index in [4.69, 9.17) is 4.74 Å². The van der Waals surface area contributed by atoms with Crippen molar-refractivity contribution in [3.63, 3.8) is 0 Å². The van der Waals surface area contributed by atoms with Crippen molar-refractivity contribution < 1.29 is 27.5 Å². The SMILES string of the molecule is COc1cc(C(C)NC(=O)C2CC(=O)NC(C3CC3)N2)ccc1C(F)(F)F. The summed E-state index contributed by atoms with van der Waals surface area (Å²) in [6.45, 7) is 1.67. The molecule has 1 heterocycles. The maximum Gasteiger partial charge on any atom is 0.419 e. The van der Waals surface area contributed by atoms with E-state index < -0.39 is 23.8 Å². The minimum absolute atomic E-state index is 0.0259. The number of ether oxygens (including phenoxy) is 1. The van der Waals surface area contributed by atoms with Crippen molar-refractivity contribution in [2.45, 2.75) is 50.6 Å². The molecule has 9 heteroatoms. The quantitative estimate of drug-likeness (QED) is 0.725. The predicted molar refractivity (Wildman–Crippen MR) is 90.7 cm³/mol. The first-order chi connectivity index (χ1) is 12.7. The van der Waals surface area contributed by atoms with Crippen LogP contribution in [0.3, 0.4) is 0 Å². The normalized spacial score (nSPS) is 24.1. The molecule has 0 spiro atoms. The predicted octanol–water partition coefficient (Wildman–Crippen LogP) is 2.11. The third-order valence-electron chi connectivity index (χ3n) is 4.89. The van der Waals surface area contributed by atoms with Gasteiger partial charge in [0.15, 0.2) is 0 Å². The molecule has 148 valence electrons. The van der Waals surface area contributed by atoms with E-state index in [-0.39, 0.29) is 30.2 Å². The number of alkyl halides is 3. The largest absolute Gasteiger partial charge is 0.496 e. The van der Waals surface area contributed by atoms with Crippen LogP contribution in [0.25, 0.3) is 0 Å². The number of benzene rings is 1. The van der Waals surface area contributed by atoms with Crippen LogP contribution in [0.1, 0.15) is 43.4 Å². The third kappa shape index (κ3) is 4.52. The number of hydrogen-bond donors (Lipinski definition) is 3. The van der Waals surface area contributed by atoms with Gasteiger partial charge >= 0.3 is 6.18 Å². The van der Waals surface area contributed by atoms with Crippen LogP contribution in [0.2, 0.25) is 0 Å². The Balaban J connectivity index is 1.68. The van der Waals surface area contributed by atoms with E-state index in [1.807, 2.05) is 0 Å². The van der Waals surface area contributed by atoms with Crippen LogP contribution in [0.4, 0.5) is 13.2 Å². The van der Waals surface area contributed by atoms with Crippen molar-refractivity contribution in [1.29, 1.82) is 0 Å². The highest BCUT2D eigenvalue weighted by Crippen LogP contribution is 2.37. The molecular formula is C18H22F3N3O3. The lowest BCUT2D eigenvalue weighted by atomic mass is 10.0. The van der Waals surface area contributed by atoms with Crippen molar-refractivity contribution in [2.75, 3.05) is 7.11 Å². The summed E-state index contributed by atoms with van der Waals surface area (Å²) in [5, 5.41) is 8.72. The molecule has 3 rings (SSSR count). The van der Waals surface area contributed by atoms with Gasteiger partial charge in [-0.05, 0) is 43.4 Å². The average molecular weight is 385 g/mol. The lowest BCUT2D eigenvalue weighted by molar-refractivity contribution is -0.138. The molecule has 0 aromatic heterocycles. The number of carbonyl (C=O) groups is 2. The molecule has 2 amide bonds. The van der Waals surface area contributed by atoms with Gasteiger partial charge in [-0.15, -0.1) is 0 Å². The molecule has 3 atom stereocenters. The molecule has 2 aliphatic rings. The van der Waals surface area contributed by atoms with Crippen molar-refractivity contribution in [1.82, 2.24) is 16.0 Å². The minimum atomic E-state index is -4.52. The Bertz CT molecular complexity index is 734. The van der Waals surface area contributed by atoms with Gasteiger partial charge in [0.25, 0.3) is 0 Å². The number of carbonyl (C=O) groups excluding carboxylic acids is 2. The van der Waals surface area contributed by atoms with Crippen molar-refractivity contribution >= 4 is 11.8 Å². The standard InChI is InChI=1S/C18H22F3N3O3/c1-9(11-5-6-12(18(19,20)21)14(7-11)27-2)22-17(26)13-8-15(25)24-16(23-13)10-3-4-10/h5-7,9-10,13,16,23H,3-4,8H2,1-2H3,(H,22,26)(H,24,25). The molecule has 27 heavy (non-hydrogen) atoms. The van der Waals surface area contributed by atoms with E-state index in [0.717, 1.165) is 18.9 Å². The maximum absolute atomic E-state index is 13.0. The second-order valence-electron chi connectivity index (χ2n) is 6.99. The molecule has 0 radical (unpaired) electrons. The topological polar surface area (TPSA) is 79.5 Å². The van der Waals surface area contributed by atoms with Gasteiger partial charge in [0, 0.05) is 0 Å².